The molecule has 0 spiro atoms. The molecule has 34 heavy (non-hydrogen) atoms. The molecule has 2 heterocycles. The maximum atomic E-state index is 13.0. The third-order valence-electron chi connectivity index (χ3n) is 5.27. The third-order valence-corrected chi connectivity index (χ3v) is 5.27. The second-order valence-electron chi connectivity index (χ2n) is 9.09. The quantitative estimate of drug-likeness (QED) is 0.471. The fourth-order valence-electron chi connectivity index (χ4n) is 3.73. The molecular weight excluding hydrogens is 428 g/mol. The number of rotatable bonds is 5. The molecule has 7 nitrogen and oxygen atoms in total. The molecule has 1 aliphatic rings. The number of ether oxygens (including phenoxy) is 2. The van der Waals surface area contributed by atoms with Gasteiger partial charge in [0.2, 0.25) is 0 Å². The molecule has 0 aliphatic carbocycles. The summed E-state index contributed by atoms with van der Waals surface area (Å²) in [6.45, 7) is 5.57. The highest BCUT2D eigenvalue weighted by molar-refractivity contribution is 5.71. The Labute approximate surface area is 200 Å². The maximum Gasteiger partial charge on any atom is 0.415 e. The van der Waals surface area contributed by atoms with Crippen LogP contribution >= 0.6 is 0 Å². The van der Waals surface area contributed by atoms with Crippen LogP contribution in [0.1, 0.15) is 45.5 Å². The molecule has 1 atom stereocenters. The molecule has 1 aromatic heterocycles. The van der Waals surface area contributed by atoms with Crippen molar-refractivity contribution in [3.63, 3.8) is 0 Å². The molecule has 0 bridgehead atoms. The van der Waals surface area contributed by atoms with Crippen molar-refractivity contribution < 1.29 is 14.3 Å². The van der Waals surface area contributed by atoms with E-state index in [1.54, 1.807) is 18.2 Å². The number of amides is 1. The Kier molecular flexibility index (Phi) is 6.82. The summed E-state index contributed by atoms with van der Waals surface area (Å²) in [6.07, 6.45) is 4.85. The zero-order valence-electron chi connectivity index (χ0n) is 20.0. The van der Waals surface area contributed by atoms with Gasteiger partial charge in [-0.2, -0.15) is 0 Å². The minimum absolute atomic E-state index is 0.339. The topological polar surface area (TPSA) is 76.6 Å². The van der Waals surface area contributed by atoms with Crippen LogP contribution in [0.25, 0.3) is 11.3 Å². The van der Waals surface area contributed by atoms with Crippen molar-refractivity contribution in [2.24, 2.45) is 0 Å². The fourth-order valence-corrected chi connectivity index (χ4v) is 3.73. The van der Waals surface area contributed by atoms with Gasteiger partial charge in [0.15, 0.2) is 5.82 Å². The highest BCUT2D eigenvalue weighted by atomic mass is 16.6. The van der Waals surface area contributed by atoms with Gasteiger partial charge in [-0.15, -0.1) is 0 Å². The Morgan fingerprint density at radius 2 is 1.85 bits per heavy atom. The summed E-state index contributed by atoms with van der Waals surface area (Å²) >= 11 is 0. The lowest BCUT2D eigenvalue weighted by atomic mass is 10.1. The van der Waals surface area contributed by atoms with Crippen molar-refractivity contribution in [2.75, 3.05) is 12.4 Å². The van der Waals surface area contributed by atoms with Crippen LogP contribution in [0.2, 0.25) is 0 Å². The van der Waals surface area contributed by atoms with Crippen molar-refractivity contribution in [1.82, 2.24) is 14.9 Å². The standard InChI is InChI=1S/C27H30N4O3/c1-27(2,3)34-26(32)31-16-9-8-15-23(31)25-29-22(19-11-6-5-7-12-19)18-24(30-25)28-20-13-10-14-21(17-20)33-4/h5-7,9-14,16-18,23H,8,15H2,1-4H3,(H,28,29,30). The molecule has 176 valence electrons. The minimum Gasteiger partial charge on any atom is -0.497 e. The van der Waals surface area contributed by atoms with Gasteiger partial charge < -0.3 is 14.8 Å². The van der Waals surface area contributed by atoms with Gasteiger partial charge in [-0.3, -0.25) is 4.90 Å². The van der Waals surface area contributed by atoms with E-state index in [0.717, 1.165) is 29.1 Å². The van der Waals surface area contributed by atoms with Crippen LogP contribution < -0.4 is 10.1 Å². The molecule has 1 N–H and O–H groups in total. The number of allylic oxidation sites excluding steroid dienone is 1. The lowest BCUT2D eigenvalue weighted by Crippen LogP contribution is -2.37. The third kappa shape index (κ3) is 5.73. The molecule has 0 radical (unpaired) electrons. The predicted molar refractivity (Wildman–Crippen MR) is 133 cm³/mol. The normalized spacial score (nSPS) is 15.6. The van der Waals surface area contributed by atoms with E-state index in [1.165, 1.54) is 0 Å². The van der Waals surface area contributed by atoms with Crippen LogP contribution in [0.4, 0.5) is 16.3 Å². The number of hydrogen-bond acceptors (Lipinski definition) is 6. The van der Waals surface area contributed by atoms with E-state index >= 15 is 0 Å². The SMILES string of the molecule is COc1cccc(Nc2cc(-c3ccccc3)nc(C3CCC=CN3C(=O)OC(C)(C)C)n2)c1. The molecule has 0 fully saturated rings. The van der Waals surface area contributed by atoms with E-state index in [4.69, 9.17) is 19.4 Å². The summed E-state index contributed by atoms with van der Waals surface area (Å²) in [5, 5.41) is 3.37. The largest absolute Gasteiger partial charge is 0.497 e. The molecule has 7 heteroatoms. The zero-order valence-corrected chi connectivity index (χ0v) is 20.0. The smallest absolute Gasteiger partial charge is 0.415 e. The van der Waals surface area contributed by atoms with Crippen LogP contribution in [0.15, 0.2) is 72.9 Å². The summed E-state index contributed by atoms with van der Waals surface area (Å²) in [4.78, 5) is 24.2. The number of anilines is 2. The number of aromatic nitrogens is 2. The van der Waals surface area contributed by atoms with Gasteiger partial charge in [0, 0.05) is 29.6 Å². The van der Waals surface area contributed by atoms with E-state index in [-0.39, 0.29) is 6.04 Å². The first-order chi connectivity index (χ1) is 16.3. The molecule has 2 aromatic carbocycles. The second-order valence-corrected chi connectivity index (χ2v) is 9.09. The number of carbonyl (C=O) groups excluding carboxylic acids is 1. The van der Waals surface area contributed by atoms with Crippen LogP contribution in [0, 0.1) is 0 Å². The monoisotopic (exact) mass is 458 g/mol. The van der Waals surface area contributed by atoms with Gasteiger partial charge in [0.05, 0.1) is 18.8 Å². The van der Waals surface area contributed by atoms with Crippen LogP contribution in [0.5, 0.6) is 5.75 Å². The fraction of sp³-hybridized carbons (Fsp3) is 0.296. The van der Waals surface area contributed by atoms with Crippen molar-refractivity contribution >= 4 is 17.6 Å². The number of benzene rings is 2. The molecule has 0 saturated heterocycles. The summed E-state index contributed by atoms with van der Waals surface area (Å²) in [7, 11) is 1.64. The summed E-state index contributed by atoms with van der Waals surface area (Å²) < 4.78 is 11.0. The molecule has 1 unspecified atom stereocenters. The van der Waals surface area contributed by atoms with Gasteiger partial charge >= 0.3 is 6.09 Å². The van der Waals surface area contributed by atoms with E-state index in [0.29, 0.717) is 18.1 Å². The van der Waals surface area contributed by atoms with Crippen LogP contribution in [-0.2, 0) is 4.74 Å². The van der Waals surface area contributed by atoms with Crippen molar-refractivity contribution in [1.29, 1.82) is 0 Å². The minimum atomic E-state index is -0.598. The van der Waals surface area contributed by atoms with Crippen molar-refractivity contribution in [2.45, 2.75) is 45.3 Å². The molecular formula is C27H30N4O3. The first-order valence-corrected chi connectivity index (χ1v) is 11.4. The highest BCUT2D eigenvalue weighted by Gasteiger charge is 2.31. The van der Waals surface area contributed by atoms with Gasteiger partial charge in [-0.25, -0.2) is 14.8 Å². The number of hydrogen-bond donors (Lipinski definition) is 1. The first kappa shape index (κ1) is 23.3. The molecule has 4 rings (SSSR count). The average molecular weight is 459 g/mol. The Morgan fingerprint density at radius 3 is 2.59 bits per heavy atom. The Hall–Kier alpha value is -3.87. The number of methoxy groups -OCH3 is 1. The van der Waals surface area contributed by atoms with Crippen molar-refractivity contribution in [3.8, 4) is 17.0 Å². The number of carbonyl (C=O) groups is 1. The summed E-state index contributed by atoms with van der Waals surface area (Å²) in [5.74, 6) is 1.94. The Bertz CT molecular complexity index is 1170. The molecule has 1 aliphatic heterocycles. The zero-order chi connectivity index (χ0) is 24.1. The molecule has 1 amide bonds. The first-order valence-electron chi connectivity index (χ1n) is 11.4. The lowest BCUT2D eigenvalue weighted by molar-refractivity contribution is 0.0241. The molecule has 3 aromatic rings. The van der Waals surface area contributed by atoms with E-state index < -0.39 is 11.7 Å². The van der Waals surface area contributed by atoms with Crippen LogP contribution in [-0.4, -0.2) is 33.7 Å². The van der Waals surface area contributed by atoms with Gasteiger partial charge in [0.1, 0.15) is 17.2 Å². The highest BCUT2D eigenvalue weighted by Crippen LogP contribution is 2.32. The summed E-state index contributed by atoms with van der Waals surface area (Å²) in [5.41, 5.74) is 1.99. The van der Waals surface area contributed by atoms with E-state index in [9.17, 15) is 4.79 Å². The number of nitrogens with zero attached hydrogens (tertiary/aromatic N) is 3. The molecule has 0 saturated carbocycles. The van der Waals surface area contributed by atoms with Gasteiger partial charge in [0.25, 0.3) is 0 Å². The number of nitrogens with one attached hydrogen (secondary N) is 1. The predicted octanol–water partition coefficient (Wildman–Crippen LogP) is 6.48. The average Bonchev–Trinajstić information content (AvgIpc) is 2.83. The second kappa shape index (κ2) is 9.95. The van der Waals surface area contributed by atoms with Gasteiger partial charge in [-0.05, 0) is 45.7 Å². The Balaban J connectivity index is 1.74. The van der Waals surface area contributed by atoms with Crippen molar-refractivity contribution in [3.05, 3.63) is 78.8 Å². The van der Waals surface area contributed by atoms with Crippen LogP contribution in [0.3, 0.4) is 0 Å². The van der Waals surface area contributed by atoms with Gasteiger partial charge in [-0.1, -0.05) is 42.5 Å². The Morgan fingerprint density at radius 1 is 1.06 bits per heavy atom. The lowest BCUT2D eigenvalue weighted by Gasteiger charge is -2.32. The van der Waals surface area contributed by atoms with E-state index in [1.807, 2.05) is 87.5 Å². The maximum absolute atomic E-state index is 13.0. The van der Waals surface area contributed by atoms with E-state index in [2.05, 4.69) is 5.32 Å². The summed E-state index contributed by atoms with van der Waals surface area (Å²) in [6, 6.07) is 19.2.